The van der Waals surface area contributed by atoms with Crippen LogP contribution in [0.2, 0.25) is 0 Å². The quantitative estimate of drug-likeness (QED) is 0.0261. The van der Waals surface area contributed by atoms with Crippen molar-refractivity contribution in [2.24, 2.45) is 0 Å². The fraction of sp³-hybridized carbons (Fsp3) is 0.657. The molecule has 1 unspecified atom stereocenters. The van der Waals surface area contributed by atoms with E-state index in [0.717, 1.165) is 103 Å². The van der Waals surface area contributed by atoms with Crippen molar-refractivity contribution in [3.63, 3.8) is 0 Å². The molecular weight excluding hydrogens is 901 g/mol. The summed E-state index contributed by atoms with van der Waals surface area (Å²) in [7, 11) is 0. The first-order valence-corrected chi connectivity index (χ1v) is 30.0. The molecule has 0 aromatic rings. The Bertz CT molecular complexity index is 1540. The lowest BCUT2D eigenvalue weighted by Crippen LogP contribution is -2.30. The topological polar surface area (TPSA) is 78.9 Å². The summed E-state index contributed by atoms with van der Waals surface area (Å²) in [6.45, 7) is 6.32. The van der Waals surface area contributed by atoms with Crippen molar-refractivity contribution in [2.75, 3.05) is 13.2 Å². The minimum atomic E-state index is -0.815. The van der Waals surface area contributed by atoms with Crippen molar-refractivity contribution < 1.29 is 28.6 Å². The molecule has 0 aliphatic rings. The summed E-state index contributed by atoms with van der Waals surface area (Å²) in [5.74, 6) is -1.00. The molecule has 0 saturated heterocycles. The van der Waals surface area contributed by atoms with Crippen LogP contribution in [0.15, 0.2) is 122 Å². The van der Waals surface area contributed by atoms with Gasteiger partial charge in [0.25, 0.3) is 0 Å². The van der Waals surface area contributed by atoms with Crippen LogP contribution < -0.4 is 0 Å². The van der Waals surface area contributed by atoms with Gasteiger partial charge >= 0.3 is 17.9 Å². The van der Waals surface area contributed by atoms with E-state index in [-0.39, 0.29) is 37.5 Å². The third-order valence-electron chi connectivity index (χ3n) is 12.4. The van der Waals surface area contributed by atoms with Crippen molar-refractivity contribution in [3.05, 3.63) is 122 Å². The fourth-order valence-corrected chi connectivity index (χ4v) is 8.01. The lowest BCUT2D eigenvalue weighted by Gasteiger charge is -2.18. The summed E-state index contributed by atoms with van der Waals surface area (Å²) in [6, 6.07) is 0. The number of allylic oxidation sites excluding steroid dienone is 20. The molecule has 1 atom stereocenters. The number of hydrogen-bond acceptors (Lipinski definition) is 6. The minimum Gasteiger partial charge on any atom is -0.462 e. The van der Waals surface area contributed by atoms with Crippen LogP contribution in [0.3, 0.4) is 0 Å². The fourth-order valence-electron chi connectivity index (χ4n) is 8.01. The van der Waals surface area contributed by atoms with Crippen LogP contribution in [0.5, 0.6) is 0 Å². The van der Waals surface area contributed by atoms with Crippen molar-refractivity contribution in [1.82, 2.24) is 0 Å². The molecule has 0 aromatic heterocycles. The molecule has 0 radical (unpaired) electrons. The maximum atomic E-state index is 12.9. The zero-order valence-electron chi connectivity index (χ0n) is 47.4. The second kappa shape index (κ2) is 60.4. The highest BCUT2D eigenvalue weighted by Gasteiger charge is 2.19. The van der Waals surface area contributed by atoms with Gasteiger partial charge in [-0.25, -0.2) is 0 Å². The average molecular weight is 1010 g/mol. The normalized spacial score (nSPS) is 13.0. The van der Waals surface area contributed by atoms with Gasteiger partial charge in [-0.15, -0.1) is 0 Å². The second-order valence-corrected chi connectivity index (χ2v) is 19.5. The van der Waals surface area contributed by atoms with Gasteiger partial charge in [0.15, 0.2) is 6.10 Å². The van der Waals surface area contributed by atoms with Gasteiger partial charge in [0, 0.05) is 19.3 Å². The van der Waals surface area contributed by atoms with Crippen LogP contribution in [0.4, 0.5) is 0 Å². The van der Waals surface area contributed by atoms with E-state index in [4.69, 9.17) is 14.2 Å². The Hall–Kier alpha value is -4.19. The van der Waals surface area contributed by atoms with Gasteiger partial charge in [-0.05, 0) is 116 Å². The maximum absolute atomic E-state index is 12.9. The summed E-state index contributed by atoms with van der Waals surface area (Å²) < 4.78 is 16.8. The summed E-state index contributed by atoms with van der Waals surface area (Å²) >= 11 is 0. The summed E-state index contributed by atoms with van der Waals surface area (Å²) in [5, 5.41) is 0. The van der Waals surface area contributed by atoms with E-state index in [1.165, 1.54) is 116 Å². The molecule has 6 heteroatoms. The zero-order valence-corrected chi connectivity index (χ0v) is 47.4. The van der Waals surface area contributed by atoms with Gasteiger partial charge < -0.3 is 14.2 Å². The highest BCUT2D eigenvalue weighted by Crippen LogP contribution is 2.15. The minimum absolute atomic E-state index is 0.106. The SMILES string of the molecule is CC/C=C\C/C=C\C/C=C\C/C=C\CCCCCCCCCCCCCCC(=O)OCC(COC(=O)CC/C=C\C/C=C\C/C=C\C/C=C\CC)OC(=O)CCCCCCCCC/C=C\C/C=C\CCCCC. The van der Waals surface area contributed by atoms with E-state index < -0.39 is 6.10 Å². The molecule has 0 saturated carbocycles. The third-order valence-corrected chi connectivity index (χ3v) is 12.4. The molecule has 0 aliphatic carbocycles. The molecule has 0 aliphatic heterocycles. The van der Waals surface area contributed by atoms with Crippen molar-refractivity contribution >= 4 is 17.9 Å². The van der Waals surface area contributed by atoms with Crippen molar-refractivity contribution in [1.29, 1.82) is 0 Å². The predicted octanol–water partition coefficient (Wildman–Crippen LogP) is 20.4. The van der Waals surface area contributed by atoms with Crippen LogP contribution in [0.25, 0.3) is 0 Å². The molecule has 0 fully saturated rings. The zero-order chi connectivity index (χ0) is 52.9. The molecule has 414 valence electrons. The van der Waals surface area contributed by atoms with E-state index >= 15 is 0 Å². The van der Waals surface area contributed by atoms with E-state index in [0.29, 0.717) is 19.3 Å². The predicted molar refractivity (Wildman–Crippen MR) is 316 cm³/mol. The van der Waals surface area contributed by atoms with Crippen LogP contribution in [0.1, 0.15) is 265 Å². The number of carbonyl (C=O) groups excluding carboxylic acids is 3. The van der Waals surface area contributed by atoms with E-state index in [9.17, 15) is 14.4 Å². The Labute approximate surface area is 450 Å². The Morgan fingerprint density at radius 2 is 0.562 bits per heavy atom. The van der Waals surface area contributed by atoms with Gasteiger partial charge in [0.2, 0.25) is 0 Å². The third kappa shape index (κ3) is 58.6. The standard InChI is InChI=1S/C67H110O6/c1-4-7-10-13-16-19-22-25-27-29-30-31-32-33-34-35-36-38-39-42-45-48-51-54-57-60-66(69)72-63-64(62-71-65(68)59-56-53-50-47-44-41-24-21-18-15-12-9-6-3)73-67(70)61-58-55-52-49-46-43-40-37-28-26-23-20-17-14-11-8-5-2/h7,9-10,12,16-21,25-28,30-31,41,44,50,53,64H,4-6,8,11,13-15,22-24,29,32-40,42-43,45-49,51-52,54-63H2,1-3H3/b10-7-,12-9-,19-16-,20-17-,21-18-,27-25-,28-26-,31-30-,44-41-,53-50-. The second-order valence-electron chi connectivity index (χ2n) is 19.5. The molecule has 0 bridgehead atoms. The summed E-state index contributed by atoms with van der Waals surface area (Å²) in [4.78, 5) is 38.2. The molecule has 0 rings (SSSR count). The highest BCUT2D eigenvalue weighted by atomic mass is 16.6. The van der Waals surface area contributed by atoms with E-state index in [2.05, 4.69) is 136 Å². The lowest BCUT2D eigenvalue weighted by molar-refractivity contribution is -0.166. The number of unbranched alkanes of at least 4 members (excludes halogenated alkanes) is 22. The van der Waals surface area contributed by atoms with E-state index in [1.807, 2.05) is 6.08 Å². The Balaban J connectivity index is 4.37. The Kier molecular flexibility index (Phi) is 56.9. The first-order chi connectivity index (χ1) is 36.0. The first-order valence-electron chi connectivity index (χ1n) is 30.0. The molecule has 0 aromatic carbocycles. The average Bonchev–Trinajstić information content (AvgIpc) is 3.39. The van der Waals surface area contributed by atoms with Gasteiger partial charge in [0.1, 0.15) is 13.2 Å². The number of rotatable bonds is 53. The largest absolute Gasteiger partial charge is 0.462 e. The van der Waals surface area contributed by atoms with Gasteiger partial charge in [-0.1, -0.05) is 251 Å². The molecule has 0 spiro atoms. The highest BCUT2D eigenvalue weighted by molar-refractivity contribution is 5.71. The lowest BCUT2D eigenvalue weighted by atomic mass is 10.0. The van der Waals surface area contributed by atoms with Crippen LogP contribution in [-0.4, -0.2) is 37.2 Å². The van der Waals surface area contributed by atoms with Crippen LogP contribution >= 0.6 is 0 Å². The van der Waals surface area contributed by atoms with Gasteiger partial charge in [0.05, 0.1) is 0 Å². The number of ether oxygens (including phenoxy) is 3. The number of esters is 3. The number of hydrogen-bond donors (Lipinski definition) is 0. The molecule has 0 amide bonds. The van der Waals surface area contributed by atoms with Crippen LogP contribution in [-0.2, 0) is 28.6 Å². The van der Waals surface area contributed by atoms with Crippen LogP contribution in [0, 0.1) is 0 Å². The molecular formula is C67H110O6. The van der Waals surface area contributed by atoms with Gasteiger partial charge in [-0.3, -0.25) is 14.4 Å². The summed E-state index contributed by atoms with van der Waals surface area (Å²) in [6.07, 6.45) is 83.5. The number of carbonyl (C=O) groups is 3. The monoisotopic (exact) mass is 1010 g/mol. The molecule has 6 nitrogen and oxygen atoms in total. The summed E-state index contributed by atoms with van der Waals surface area (Å²) in [5.41, 5.74) is 0. The first kappa shape index (κ1) is 68.8. The Morgan fingerprint density at radius 1 is 0.288 bits per heavy atom. The molecule has 73 heavy (non-hydrogen) atoms. The van der Waals surface area contributed by atoms with Crippen molar-refractivity contribution in [3.8, 4) is 0 Å². The molecule has 0 heterocycles. The van der Waals surface area contributed by atoms with Gasteiger partial charge in [-0.2, -0.15) is 0 Å². The van der Waals surface area contributed by atoms with Crippen molar-refractivity contribution in [2.45, 2.75) is 271 Å². The maximum Gasteiger partial charge on any atom is 0.306 e. The smallest absolute Gasteiger partial charge is 0.306 e. The molecule has 0 N–H and O–H groups in total. The Morgan fingerprint density at radius 3 is 0.918 bits per heavy atom. The van der Waals surface area contributed by atoms with E-state index in [1.54, 1.807) is 0 Å².